The van der Waals surface area contributed by atoms with Crippen LogP contribution in [0.15, 0.2) is 22.2 Å². The molecule has 0 unspecified atom stereocenters. The number of esters is 1. The molecule has 0 saturated carbocycles. The number of amides is 2. The molecule has 0 aromatic carbocycles. The molecule has 30 heavy (non-hydrogen) atoms. The molecule has 0 radical (unpaired) electrons. The maximum Gasteiger partial charge on any atom is 0.350 e. The van der Waals surface area contributed by atoms with Crippen LogP contribution in [0.25, 0.3) is 0 Å². The molecule has 0 bridgehead atoms. The highest BCUT2D eigenvalue weighted by atomic mass is 32.1. The van der Waals surface area contributed by atoms with Gasteiger partial charge in [-0.1, -0.05) is 19.0 Å². The molecule has 2 amide bonds. The highest BCUT2D eigenvalue weighted by molar-refractivity contribution is 7.12. The maximum atomic E-state index is 13.0. The lowest BCUT2D eigenvalue weighted by atomic mass is 10.2. The predicted octanol–water partition coefficient (Wildman–Crippen LogP) is 3.05. The van der Waals surface area contributed by atoms with E-state index in [1.165, 1.54) is 24.7 Å². The third-order valence-electron chi connectivity index (χ3n) is 4.67. The Morgan fingerprint density at radius 3 is 2.30 bits per heavy atom. The van der Waals surface area contributed by atoms with Crippen molar-refractivity contribution in [2.45, 2.75) is 33.6 Å². The fraction of sp³-hybridized carbons (Fsp3) is 0.500. The lowest BCUT2D eigenvalue weighted by Crippen LogP contribution is -2.56. The molecule has 164 valence electrons. The number of methoxy groups -OCH3 is 1. The SMILES string of the molecule is CCC[N+](CCC)(CC(=O)Nc1ccon1)CC(=O)Nc1c(C)csc1C(=O)OC. The number of quaternary nitrogens is 1. The molecule has 2 N–H and O–H groups in total. The third-order valence-corrected chi connectivity index (χ3v) is 5.75. The van der Waals surface area contributed by atoms with Crippen LogP contribution < -0.4 is 10.6 Å². The van der Waals surface area contributed by atoms with E-state index in [0.29, 0.717) is 34.0 Å². The number of aromatic nitrogens is 1. The number of nitrogens with zero attached hydrogens (tertiary/aromatic N) is 2. The van der Waals surface area contributed by atoms with E-state index in [1.54, 1.807) is 11.4 Å². The van der Waals surface area contributed by atoms with Crippen molar-refractivity contribution < 1.29 is 28.1 Å². The first-order valence-electron chi connectivity index (χ1n) is 9.85. The Morgan fingerprint density at radius 2 is 1.77 bits per heavy atom. The number of rotatable bonds is 11. The van der Waals surface area contributed by atoms with Crippen LogP contribution in [0.2, 0.25) is 0 Å². The lowest BCUT2D eigenvalue weighted by Gasteiger charge is -2.37. The van der Waals surface area contributed by atoms with Crippen LogP contribution in [0.4, 0.5) is 11.5 Å². The highest BCUT2D eigenvalue weighted by Gasteiger charge is 2.33. The minimum absolute atomic E-state index is 0.115. The molecule has 9 nitrogen and oxygen atoms in total. The number of ether oxygens (including phenoxy) is 1. The normalized spacial score (nSPS) is 11.2. The fourth-order valence-corrected chi connectivity index (χ4v) is 4.44. The van der Waals surface area contributed by atoms with Gasteiger partial charge < -0.3 is 24.4 Å². The van der Waals surface area contributed by atoms with E-state index in [0.717, 1.165) is 18.4 Å². The van der Waals surface area contributed by atoms with Crippen LogP contribution in [0.5, 0.6) is 0 Å². The molecule has 0 aliphatic rings. The monoisotopic (exact) mass is 437 g/mol. The van der Waals surface area contributed by atoms with Crippen LogP contribution in [0.3, 0.4) is 0 Å². The average Bonchev–Trinajstić information content (AvgIpc) is 3.31. The Balaban J connectivity index is 2.17. The van der Waals surface area contributed by atoms with Gasteiger partial charge in [0.2, 0.25) is 0 Å². The summed E-state index contributed by atoms with van der Waals surface area (Å²) in [6, 6.07) is 1.56. The average molecular weight is 438 g/mol. The molecule has 2 heterocycles. The van der Waals surface area contributed by atoms with Gasteiger partial charge in [-0.25, -0.2) is 4.79 Å². The molecule has 2 aromatic rings. The van der Waals surface area contributed by atoms with Crippen molar-refractivity contribution in [3.63, 3.8) is 0 Å². The summed E-state index contributed by atoms with van der Waals surface area (Å²) in [5.74, 6) is -0.635. The molecule has 2 rings (SSSR count). The molecule has 0 aliphatic carbocycles. The van der Waals surface area contributed by atoms with E-state index >= 15 is 0 Å². The Morgan fingerprint density at radius 1 is 1.13 bits per heavy atom. The standard InChI is InChI=1S/C20H28N4O5S/c1-5-8-24(9-6-2,11-16(25)21-15-7-10-29-23-15)12-17(26)22-18-14(3)13-30-19(18)20(27)28-4/h7,10,13H,5-6,8-9,11-12H2,1-4H3,(H-,21,22,23,25,26,27)/p+1. The molecular weight excluding hydrogens is 408 g/mol. The molecule has 2 aromatic heterocycles. The maximum absolute atomic E-state index is 13.0. The molecular formula is C20H29N4O5S+. The minimum atomic E-state index is -0.488. The smallest absolute Gasteiger partial charge is 0.350 e. The zero-order valence-corrected chi connectivity index (χ0v) is 18.6. The molecule has 0 aliphatic heterocycles. The van der Waals surface area contributed by atoms with Gasteiger partial charge >= 0.3 is 5.97 Å². The highest BCUT2D eigenvalue weighted by Crippen LogP contribution is 2.28. The quantitative estimate of drug-likeness (QED) is 0.413. The van der Waals surface area contributed by atoms with E-state index in [4.69, 9.17) is 9.26 Å². The van der Waals surface area contributed by atoms with Crippen molar-refractivity contribution in [2.75, 3.05) is 43.9 Å². The van der Waals surface area contributed by atoms with Crippen LogP contribution >= 0.6 is 11.3 Å². The number of aryl methyl sites for hydroxylation is 1. The Labute approximate surface area is 180 Å². The third kappa shape index (κ3) is 6.14. The largest absolute Gasteiger partial charge is 0.465 e. The number of carbonyl (C=O) groups is 3. The van der Waals surface area contributed by atoms with Crippen molar-refractivity contribution >= 4 is 40.6 Å². The van der Waals surface area contributed by atoms with Crippen molar-refractivity contribution in [2.24, 2.45) is 0 Å². The van der Waals surface area contributed by atoms with Gasteiger partial charge in [-0.2, -0.15) is 0 Å². The number of hydrogen-bond acceptors (Lipinski definition) is 7. The Kier molecular flexibility index (Phi) is 8.55. The van der Waals surface area contributed by atoms with E-state index < -0.39 is 5.97 Å². The first kappa shape index (κ1) is 23.6. The van der Waals surface area contributed by atoms with Crippen LogP contribution in [-0.4, -0.2) is 60.7 Å². The first-order valence-corrected chi connectivity index (χ1v) is 10.7. The van der Waals surface area contributed by atoms with Gasteiger partial charge in [0.15, 0.2) is 18.9 Å². The topological polar surface area (TPSA) is 111 Å². The van der Waals surface area contributed by atoms with Gasteiger partial charge in [-0.15, -0.1) is 11.3 Å². The van der Waals surface area contributed by atoms with Gasteiger partial charge in [0.05, 0.1) is 25.9 Å². The summed E-state index contributed by atoms with van der Waals surface area (Å²) >= 11 is 1.23. The first-order chi connectivity index (χ1) is 14.3. The van der Waals surface area contributed by atoms with Crippen molar-refractivity contribution in [3.05, 3.63) is 28.2 Å². The van der Waals surface area contributed by atoms with Crippen molar-refractivity contribution in [3.8, 4) is 0 Å². The van der Waals surface area contributed by atoms with E-state index in [9.17, 15) is 14.4 Å². The summed E-state index contributed by atoms with van der Waals surface area (Å²) in [7, 11) is 1.31. The summed E-state index contributed by atoms with van der Waals surface area (Å²) in [4.78, 5) is 37.9. The summed E-state index contributed by atoms with van der Waals surface area (Å²) in [5.41, 5.74) is 1.26. The summed E-state index contributed by atoms with van der Waals surface area (Å²) < 4.78 is 9.85. The molecule has 0 fully saturated rings. The van der Waals surface area contributed by atoms with Crippen LogP contribution in [0, 0.1) is 6.92 Å². The molecule has 10 heteroatoms. The predicted molar refractivity (Wildman–Crippen MR) is 114 cm³/mol. The van der Waals surface area contributed by atoms with E-state index in [-0.39, 0.29) is 24.9 Å². The number of carbonyl (C=O) groups excluding carboxylic acids is 3. The summed E-state index contributed by atoms with van der Waals surface area (Å²) in [5, 5.41) is 11.1. The number of hydrogen-bond donors (Lipinski definition) is 2. The minimum Gasteiger partial charge on any atom is -0.465 e. The van der Waals surface area contributed by atoms with Gasteiger partial charge in [0.1, 0.15) is 11.1 Å². The zero-order valence-electron chi connectivity index (χ0n) is 17.8. The Bertz CT molecular complexity index is 857. The van der Waals surface area contributed by atoms with E-state index in [2.05, 4.69) is 15.8 Å². The van der Waals surface area contributed by atoms with Gasteiger partial charge in [-0.3, -0.25) is 9.59 Å². The number of thiophene rings is 1. The second-order valence-corrected chi connectivity index (χ2v) is 8.08. The number of anilines is 2. The van der Waals surface area contributed by atoms with Gasteiger partial charge in [0.25, 0.3) is 11.8 Å². The Hall–Kier alpha value is -2.72. The summed E-state index contributed by atoms with van der Waals surface area (Å²) in [6.45, 7) is 7.45. The fourth-order valence-electron chi connectivity index (χ4n) is 3.52. The van der Waals surface area contributed by atoms with Gasteiger partial charge in [0, 0.05) is 6.07 Å². The molecule has 0 saturated heterocycles. The second kappa shape index (κ2) is 10.9. The van der Waals surface area contributed by atoms with Crippen LogP contribution in [0.1, 0.15) is 41.9 Å². The summed E-state index contributed by atoms with van der Waals surface area (Å²) in [6.07, 6.45) is 3.01. The van der Waals surface area contributed by atoms with Crippen molar-refractivity contribution in [1.29, 1.82) is 0 Å². The second-order valence-electron chi connectivity index (χ2n) is 7.20. The lowest BCUT2D eigenvalue weighted by molar-refractivity contribution is -0.913. The number of nitrogens with one attached hydrogen (secondary N) is 2. The van der Waals surface area contributed by atoms with Crippen molar-refractivity contribution in [1.82, 2.24) is 5.16 Å². The van der Waals surface area contributed by atoms with E-state index in [1.807, 2.05) is 20.8 Å². The molecule has 0 atom stereocenters. The zero-order chi connectivity index (χ0) is 22.1. The van der Waals surface area contributed by atoms with Crippen LogP contribution in [-0.2, 0) is 14.3 Å². The van der Waals surface area contributed by atoms with Gasteiger partial charge in [-0.05, 0) is 30.7 Å². The molecule has 0 spiro atoms.